The molecule has 0 bridgehead atoms. The minimum Gasteiger partial charge on any atom is -0.461 e. The van der Waals surface area contributed by atoms with Crippen LogP contribution in [0.25, 0.3) is 0 Å². The van der Waals surface area contributed by atoms with E-state index in [0.29, 0.717) is 0 Å². The Morgan fingerprint density at radius 1 is 1.50 bits per heavy atom. The van der Waals surface area contributed by atoms with Gasteiger partial charge in [-0.25, -0.2) is 18.3 Å². The lowest BCUT2D eigenvalue weighted by atomic mass is 10.3. The lowest BCUT2D eigenvalue weighted by Gasteiger charge is -2.05. The molecule has 0 aromatic carbocycles. The Morgan fingerprint density at radius 2 is 2.17 bits per heavy atom. The smallest absolute Gasteiger partial charge is 0.361 e. The highest BCUT2D eigenvalue weighted by Crippen LogP contribution is 2.22. The summed E-state index contributed by atoms with van der Waals surface area (Å²) in [6.45, 7) is 1.41. The molecule has 0 aliphatic heterocycles. The lowest BCUT2D eigenvalue weighted by Crippen LogP contribution is -2.17. The number of amides is 1. The van der Waals surface area contributed by atoms with Crippen molar-refractivity contribution in [3.8, 4) is 0 Å². The fourth-order valence-electron chi connectivity index (χ4n) is 1.26. The Bertz CT molecular complexity index is 447. The number of carbonyl (C=O) groups is 2. The molecule has 9 heteroatoms. The van der Waals surface area contributed by atoms with Crippen molar-refractivity contribution in [1.29, 1.82) is 0 Å². The molecule has 100 valence electrons. The highest BCUT2D eigenvalue weighted by atomic mass is 19.3. The minimum absolute atomic E-state index is 0.0374. The molecule has 1 aromatic heterocycles. The molecule has 0 saturated carbocycles. The van der Waals surface area contributed by atoms with Gasteiger partial charge in [-0.05, 0) is 6.92 Å². The van der Waals surface area contributed by atoms with Crippen molar-refractivity contribution in [3.63, 3.8) is 0 Å². The number of nitrogens with two attached hydrogens (primary N) is 1. The Hall–Kier alpha value is -2.06. The van der Waals surface area contributed by atoms with Gasteiger partial charge in [-0.2, -0.15) is 0 Å². The largest absolute Gasteiger partial charge is 0.461 e. The number of carbonyl (C=O) groups excluding carboxylic acids is 2. The number of nitrogens with zero attached hydrogens (tertiary/aromatic N) is 3. The van der Waals surface area contributed by atoms with Crippen LogP contribution in [0.4, 0.5) is 8.78 Å². The Labute approximate surface area is 101 Å². The summed E-state index contributed by atoms with van der Waals surface area (Å²) >= 11 is 0. The van der Waals surface area contributed by atoms with E-state index in [1.807, 2.05) is 0 Å². The van der Waals surface area contributed by atoms with Gasteiger partial charge in [0.2, 0.25) is 5.91 Å². The number of rotatable bonds is 6. The van der Waals surface area contributed by atoms with E-state index in [1.54, 1.807) is 0 Å². The number of halogens is 2. The topological polar surface area (TPSA) is 100 Å². The van der Waals surface area contributed by atoms with Crippen LogP contribution >= 0.6 is 0 Å². The zero-order valence-electron chi connectivity index (χ0n) is 9.60. The van der Waals surface area contributed by atoms with Gasteiger partial charge >= 0.3 is 5.97 Å². The quantitative estimate of drug-likeness (QED) is 0.741. The summed E-state index contributed by atoms with van der Waals surface area (Å²) in [5.41, 5.74) is 3.68. The van der Waals surface area contributed by atoms with Gasteiger partial charge in [0.1, 0.15) is 5.69 Å². The first-order valence-corrected chi connectivity index (χ1v) is 5.14. The number of hydrogen-bond donors (Lipinski definition) is 1. The van der Waals surface area contributed by atoms with E-state index < -0.39 is 29.7 Å². The molecule has 1 rings (SSSR count). The summed E-state index contributed by atoms with van der Waals surface area (Å²) in [6.07, 6.45) is -3.13. The van der Waals surface area contributed by atoms with Gasteiger partial charge in [0.05, 0.1) is 13.2 Å². The summed E-state index contributed by atoms with van der Waals surface area (Å²) in [5, 5.41) is 6.73. The van der Waals surface area contributed by atoms with Crippen molar-refractivity contribution in [2.24, 2.45) is 5.73 Å². The normalized spacial score (nSPS) is 10.7. The second-order valence-corrected chi connectivity index (χ2v) is 3.28. The molecule has 1 heterocycles. The van der Waals surface area contributed by atoms with E-state index in [2.05, 4.69) is 15.0 Å². The maximum Gasteiger partial charge on any atom is 0.361 e. The van der Waals surface area contributed by atoms with Crippen molar-refractivity contribution in [2.75, 3.05) is 6.61 Å². The molecule has 0 aliphatic carbocycles. The van der Waals surface area contributed by atoms with Crippen molar-refractivity contribution < 1.29 is 23.1 Å². The van der Waals surface area contributed by atoms with E-state index in [-0.39, 0.29) is 19.6 Å². The standard InChI is InChI=1S/C9H12F2N4O3/c1-2-18-9(17)6-7(8(10)11)15(14-13-6)4-3-5(12)16/h8H,2-4H2,1H3,(H2,12,16). The molecule has 0 radical (unpaired) electrons. The highest BCUT2D eigenvalue weighted by molar-refractivity contribution is 5.88. The summed E-state index contributed by atoms with van der Waals surface area (Å²) in [7, 11) is 0. The van der Waals surface area contributed by atoms with Crippen LogP contribution in [0.15, 0.2) is 0 Å². The second kappa shape index (κ2) is 6.03. The van der Waals surface area contributed by atoms with Crippen LogP contribution in [0, 0.1) is 0 Å². The van der Waals surface area contributed by atoms with E-state index in [0.717, 1.165) is 4.68 Å². The molecular formula is C9H12F2N4O3. The van der Waals surface area contributed by atoms with Gasteiger partial charge in [0, 0.05) is 6.42 Å². The van der Waals surface area contributed by atoms with Crippen molar-refractivity contribution in [2.45, 2.75) is 26.3 Å². The van der Waals surface area contributed by atoms with Crippen LogP contribution in [0.2, 0.25) is 0 Å². The van der Waals surface area contributed by atoms with Crippen LogP contribution in [0.1, 0.15) is 36.0 Å². The summed E-state index contributed by atoms with van der Waals surface area (Å²) in [4.78, 5) is 21.9. The molecule has 0 atom stereocenters. The van der Waals surface area contributed by atoms with E-state index in [9.17, 15) is 18.4 Å². The molecule has 0 unspecified atom stereocenters. The number of esters is 1. The molecule has 2 N–H and O–H groups in total. The third kappa shape index (κ3) is 3.22. The predicted octanol–water partition coefficient (Wildman–Crippen LogP) is 0.268. The fraction of sp³-hybridized carbons (Fsp3) is 0.556. The summed E-state index contributed by atoms with van der Waals surface area (Å²) < 4.78 is 31.0. The lowest BCUT2D eigenvalue weighted by molar-refractivity contribution is -0.118. The molecular weight excluding hydrogens is 250 g/mol. The van der Waals surface area contributed by atoms with Crippen LogP contribution < -0.4 is 5.73 Å². The van der Waals surface area contributed by atoms with E-state index in [4.69, 9.17) is 5.73 Å². The third-order valence-electron chi connectivity index (χ3n) is 2.02. The first-order valence-electron chi connectivity index (χ1n) is 5.14. The zero-order valence-corrected chi connectivity index (χ0v) is 9.60. The third-order valence-corrected chi connectivity index (χ3v) is 2.02. The number of aryl methyl sites for hydroxylation is 1. The molecule has 0 spiro atoms. The van der Waals surface area contributed by atoms with E-state index in [1.165, 1.54) is 6.92 Å². The van der Waals surface area contributed by atoms with E-state index >= 15 is 0 Å². The molecule has 18 heavy (non-hydrogen) atoms. The molecule has 0 fully saturated rings. The number of primary amides is 1. The van der Waals surface area contributed by atoms with Crippen molar-refractivity contribution in [3.05, 3.63) is 11.4 Å². The van der Waals surface area contributed by atoms with Crippen molar-refractivity contribution in [1.82, 2.24) is 15.0 Å². The number of ether oxygens (including phenoxy) is 1. The zero-order chi connectivity index (χ0) is 13.7. The average molecular weight is 262 g/mol. The maximum atomic E-state index is 12.8. The Balaban J connectivity index is 2.99. The van der Waals surface area contributed by atoms with Gasteiger partial charge in [-0.1, -0.05) is 5.21 Å². The van der Waals surface area contributed by atoms with Gasteiger partial charge in [-0.3, -0.25) is 4.79 Å². The first-order chi connectivity index (χ1) is 8.47. The molecule has 1 amide bonds. The minimum atomic E-state index is -2.95. The average Bonchev–Trinajstić information content (AvgIpc) is 2.70. The predicted molar refractivity (Wildman–Crippen MR) is 54.7 cm³/mol. The molecule has 7 nitrogen and oxygen atoms in total. The molecule has 1 aromatic rings. The van der Waals surface area contributed by atoms with Gasteiger partial charge in [0.25, 0.3) is 6.43 Å². The second-order valence-electron chi connectivity index (χ2n) is 3.28. The van der Waals surface area contributed by atoms with Crippen LogP contribution in [0.5, 0.6) is 0 Å². The summed E-state index contributed by atoms with van der Waals surface area (Å²) in [5.74, 6) is -1.64. The summed E-state index contributed by atoms with van der Waals surface area (Å²) in [6, 6.07) is 0. The van der Waals surface area contributed by atoms with Crippen molar-refractivity contribution >= 4 is 11.9 Å². The number of hydrogen-bond acceptors (Lipinski definition) is 5. The Morgan fingerprint density at radius 3 is 2.67 bits per heavy atom. The highest BCUT2D eigenvalue weighted by Gasteiger charge is 2.27. The number of alkyl halides is 2. The molecule has 0 saturated heterocycles. The fourth-order valence-corrected chi connectivity index (χ4v) is 1.26. The first kappa shape index (κ1) is 14.0. The SMILES string of the molecule is CCOC(=O)c1nnn(CCC(N)=O)c1C(F)F. The van der Waals surface area contributed by atoms with Gasteiger partial charge in [0.15, 0.2) is 5.69 Å². The maximum absolute atomic E-state index is 12.8. The Kier molecular flexibility index (Phi) is 4.69. The van der Waals surface area contributed by atoms with Crippen LogP contribution in [-0.4, -0.2) is 33.5 Å². The van der Waals surface area contributed by atoms with Crippen LogP contribution in [0.3, 0.4) is 0 Å². The molecule has 0 aliphatic rings. The van der Waals surface area contributed by atoms with Gasteiger partial charge < -0.3 is 10.5 Å². The monoisotopic (exact) mass is 262 g/mol. The van der Waals surface area contributed by atoms with Crippen LogP contribution in [-0.2, 0) is 16.1 Å². The van der Waals surface area contributed by atoms with Gasteiger partial charge in [-0.15, -0.1) is 5.10 Å². The number of aromatic nitrogens is 3.